The zero-order valence-electron chi connectivity index (χ0n) is 10.4. The summed E-state index contributed by atoms with van der Waals surface area (Å²) in [7, 11) is 0. The van der Waals surface area contributed by atoms with Crippen LogP contribution >= 0.6 is 0 Å². The lowest BCUT2D eigenvalue weighted by Gasteiger charge is -2.29. The second kappa shape index (κ2) is 5.01. The topological polar surface area (TPSA) is 20.2 Å². The molecule has 3 unspecified atom stereocenters. The first kappa shape index (κ1) is 12.3. The summed E-state index contributed by atoms with van der Waals surface area (Å²) in [5.41, 5.74) is 1.73. The van der Waals surface area contributed by atoms with Crippen molar-refractivity contribution in [2.24, 2.45) is 11.8 Å². The zero-order valence-corrected chi connectivity index (χ0v) is 10.4. The maximum atomic E-state index is 13.6. The van der Waals surface area contributed by atoms with E-state index in [1.165, 1.54) is 11.6 Å². The maximum Gasteiger partial charge on any atom is 0.129 e. The monoisotopic (exact) mass is 234 g/mol. The molecule has 0 heterocycles. The van der Waals surface area contributed by atoms with Crippen LogP contribution in [-0.4, -0.2) is 5.11 Å². The van der Waals surface area contributed by atoms with Gasteiger partial charge in [-0.1, -0.05) is 36.8 Å². The molecule has 1 N–H and O–H groups in total. The van der Waals surface area contributed by atoms with E-state index in [4.69, 9.17) is 0 Å². The van der Waals surface area contributed by atoms with Crippen molar-refractivity contribution < 1.29 is 9.50 Å². The summed E-state index contributed by atoms with van der Waals surface area (Å²) in [4.78, 5) is 0. The van der Waals surface area contributed by atoms with E-state index in [1.54, 1.807) is 18.2 Å². The Labute approximate surface area is 102 Å². The quantitative estimate of drug-likeness (QED) is 0.770. The van der Waals surface area contributed by atoms with Gasteiger partial charge in [-0.15, -0.1) is 0 Å². The van der Waals surface area contributed by atoms with Gasteiger partial charge < -0.3 is 5.11 Å². The normalized spacial score (nSPS) is 26.5. The Balaban J connectivity index is 2.19. The fourth-order valence-corrected chi connectivity index (χ4v) is 2.81. The predicted octanol–water partition coefficient (Wildman–Crippen LogP) is 3.85. The highest BCUT2D eigenvalue weighted by molar-refractivity contribution is 5.21. The lowest BCUT2D eigenvalue weighted by Crippen LogP contribution is -2.20. The molecule has 0 aliphatic heterocycles. The van der Waals surface area contributed by atoms with Crippen LogP contribution < -0.4 is 0 Å². The molecule has 0 bridgehead atoms. The molecule has 0 fully saturated rings. The molecule has 1 aliphatic carbocycles. The largest absolute Gasteiger partial charge is 0.388 e. The highest BCUT2D eigenvalue weighted by Crippen LogP contribution is 2.37. The molecule has 0 radical (unpaired) electrons. The average molecular weight is 234 g/mol. The summed E-state index contributed by atoms with van der Waals surface area (Å²) in [6.07, 6.45) is 3.33. The molecule has 0 aromatic heterocycles. The molecule has 0 saturated carbocycles. The molecular weight excluding hydrogens is 215 g/mol. The van der Waals surface area contributed by atoms with Gasteiger partial charge in [-0.05, 0) is 37.7 Å². The van der Waals surface area contributed by atoms with E-state index >= 15 is 0 Å². The van der Waals surface area contributed by atoms with E-state index in [-0.39, 0.29) is 11.7 Å². The first-order valence-electron chi connectivity index (χ1n) is 6.17. The molecule has 0 spiro atoms. The molecule has 0 amide bonds. The Hall–Kier alpha value is -1.15. The highest BCUT2D eigenvalue weighted by Gasteiger charge is 2.27. The van der Waals surface area contributed by atoms with E-state index in [0.717, 1.165) is 12.8 Å². The molecule has 0 saturated heterocycles. The number of benzene rings is 1. The van der Waals surface area contributed by atoms with E-state index in [2.05, 4.69) is 19.9 Å². The van der Waals surface area contributed by atoms with Gasteiger partial charge >= 0.3 is 0 Å². The lowest BCUT2D eigenvalue weighted by molar-refractivity contribution is 0.0898. The minimum Gasteiger partial charge on any atom is -0.388 e. The van der Waals surface area contributed by atoms with Crippen molar-refractivity contribution in [3.63, 3.8) is 0 Å². The Kier molecular flexibility index (Phi) is 3.63. The van der Waals surface area contributed by atoms with Gasteiger partial charge in [-0.2, -0.15) is 0 Å². The number of hydrogen-bond acceptors (Lipinski definition) is 1. The van der Waals surface area contributed by atoms with Gasteiger partial charge in [0.05, 0.1) is 6.10 Å². The fraction of sp³-hybridized carbons (Fsp3) is 0.467. The molecule has 1 nitrogen and oxygen atoms in total. The smallest absolute Gasteiger partial charge is 0.129 e. The third kappa shape index (κ3) is 2.75. The van der Waals surface area contributed by atoms with Crippen LogP contribution in [0, 0.1) is 17.7 Å². The minimum absolute atomic E-state index is 0.131. The van der Waals surface area contributed by atoms with E-state index in [0.29, 0.717) is 11.5 Å². The molecule has 1 aromatic rings. The number of allylic oxidation sites excluding steroid dienone is 2. The van der Waals surface area contributed by atoms with Crippen LogP contribution in [0.15, 0.2) is 35.9 Å². The maximum absolute atomic E-state index is 13.6. The van der Waals surface area contributed by atoms with Crippen molar-refractivity contribution in [1.82, 2.24) is 0 Å². The van der Waals surface area contributed by atoms with E-state index in [1.807, 2.05) is 0 Å². The summed E-state index contributed by atoms with van der Waals surface area (Å²) < 4.78 is 13.6. The van der Waals surface area contributed by atoms with Crippen LogP contribution in [0.3, 0.4) is 0 Å². The first-order chi connectivity index (χ1) is 8.08. The average Bonchev–Trinajstić information content (AvgIpc) is 2.27. The van der Waals surface area contributed by atoms with Gasteiger partial charge in [0, 0.05) is 5.56 Å². The number of aliphatic hydroxyl groups excluding tert-OH is 1. The fourth-order valence-electron chi connectivity index (χ4n) is 2.81. The summed E-state index contributed by atoms with van der Waals surface area (Å²) in [6.45, 7) is 4.22. The Morgan fingerprint density at radius 1 is 1.35 bits per heavy atom. The number of aliphatic hydroxyl groups is 1. The van der Waals surface area contributed by atoms with Crippen LogP contribution in [0.2, 0.25) is 0 Å². The van der Waals surface area contributed by atoms with Gasteiger partial charge in [0.25, 0.3) is 0 Å². The van der Waals surface area contributed by atoms with Crippen LogP contribution in [0.5, 0.6) is 0 Å². The van der Waals surface area contributed by atoms with E-state index < -0.39 is 6.10 Å². The van der Waals surface area contributed by atoms with E-state index in [9.17, 15) is 9.50 Å². The second-order valence-electron chi connectivity index (χ2n) is 5.16. The molecule has 2 heteroatoms. The van der Waals surface area contributed by atoms with Crippen molar-refractivity contribution >= 4 is 0 Å². The number of rotatable bonds is 2. The minimum atomic E-state index is -0.692. The van der Waals surface area contributed by atoms with Gasteiger partial charge in [-0.3, -0.25) is 0 Å². The molecule has 92 valence electrons. The lowest BCUT2D eigenvalue weighted by atomic mass is 9.79. The van der Waals surface area contributed by atoms with Crippen molar-refractivity contribution in [3.05, 3.63) is 47.3 Å². The third-order valence-electron chi connectivity index (χ3n) is 3.50. The van der Waals surface area contributed by atoms with Gasteiger partial charge in [0.15, 0.2) is 0 Å². The van der Waals surface area contributed by atoms with Crippen molar-refractivity contribution in [2.75, 3.05) is 0 Å². The van der Waals surface area contributed by atoms with Crippen molar-refractivity contribution in [3.8, 4) is 0 Å². The number of hydrogen-bond donors (Lipinski definition) is 1. The second-order valence-corrected chi connectivity index (χ2v) is 5.16. The molecule has 1 aliphatic rings. The highest BCUT2D eigenvalue weighted by atomic mass is 19.1. The number of halogens is 1. The Morgan fingerprint density at radius 3 is 2.71 bits per heavy atom. The molecule has 3 atom stereocenters. The van der Waals surface area contributed by atoms with Crippen molar-refractivity contribution in [1.29, 1.82) is 0 Å². The molecular formula is C15H19FO. The molecule has 1 aromatic carbocycles. The van der Waals surface area contributed by atoms with Gasteiger partial charge in [-0.25, -0.2) is 4.39 Å². The van der Waals surface area contributed by atoms with Crippen LogP contribution in [0.25, 0.3) is 0 Å². The molecule has 17 heavy (non-hydrogen) atoms. The van der Waals surface area contributed by atoms with Crippen LogP contribution in [-0.2, 0) is 0 Å². The zero-order chi connectivity index (χ0) is 12.4. The summed E-state index contributed by atoms with van der Waals surface area (Å²) in [6, 6.07) is 6.52. The SMILES string of the molecule is CC1=CC(C)CC(C(O)c2ccccc2F)C1. The molecule has 2 rings (SSSR count). The Morgan fingerprint density at radius 2 is 2.06 bits per heavy atom. The first-order valence-corrected chi connectivity index (χ1v) is 6.17. The summed E-state index contributed by atoms with van der Waals surface area (Å²) in [5.74, 6) is 0.293. The predicted molar refractivity (Wildman–Crippen MR) is 67.0 cm³/mol. The summed E-state index contributed by atoms with van der Waals surface area (Å²) >= 11 is 0. The van der Waals surface area contributed by atoms with Gasteiger partial charge in [0.2, 0.25) is 0 Å². The third-order valence-corrected chi connectivity index (χ3v) is 3.50. The van der Waals surface area contributed by atoms with Crippen molar-refractivity contribution in [2.45, 2.75) is 32.8 Å². The van der Waals surface area contributed by atoms with Crippen LogP contribution in [0.1, 0.15) is 38.4 Å². The van der Waals surface area contributed by atoms with Gasteiger partial charge in [0.1, 0.15) is 5.82 Å². The standard InChI is InChI=1S/C15H19FO/c1-10-7-11(2)9-12(8-10)15(17)13-5-3-4-6-14(13)16/h3-7,10,12,15,17H,8-9H2,1-2H3. The Bertz CT molecular complexity index is 425. The summed E-state index contributed by atoms with van der Waals surface area (Å²) in [5, 5.41) is 10.3. The van der Waals surface area contributed by atoms with Crippen LogP contribution in [0.4, 0.5) is 4.39 Å².